The lowest BCUT2D eigenvalue weighted by atomic mass is 10.2. The van der Waals surface area contributed by atoms with Gasteiger partial charge in [-0.25, -0.2) is 8.78 Å². The molecule has 21 heavy (non-hydrogen) atoms. The average Bonchev–Trinajstić information content (AvgIpc) is 3.02. The molecule has 0 radical (unpaired) electrons. The Morgan fingerprint density at radius 2 is 1.86 bits per heavy atom. The van der Waals surface area contributed by atoms with Gasteiger partial charge in [0, 0.05) is 24.8 Å². The standard InChI is InChI=1S/C16H16F2N2O/c17-16(18)15-7-6-14(11-19-15)21-13-5-3-4-12(10-13)20-8-1-2-9-20/h3-7,10-11,16H,1-2,8-9H2. The summed E-state index contributed by atoms with van der Waals surface area (Å²) in [6.07, 6.45) is 1.19. The van der Waals surface area contributed by atoms with E-state index in [0.29, 0.717) is 11.5 Å². The largest absolute Gasteiger partial charge is 0.456 e. The molecule has 110 valence electrons. The zero-order chi connectivity index (χ0) is 14.7. The highest BCUT2D eigenvalue weighted by Gasteiger charge is 2.13. The fraction of sp³-hybridized carbons (Fsp3) is 0.312. The Balaban J connectivity index is 1.73. The van der Waals surface area contributed by atoms with Crippen molar-refractivity contribution in [3.8, 4) is 11.5 Å². The normalized spacial score (nSPS) is 14.7. The lowest BCUT2D eigenvalue weighted by molar-refractivity contribution is 0.146. The third-order valence-corrected chi connectivity index (χ3v) is 3.51. The van der Waals surface area contributed by atoms with E-state index in [9.17, 15) is 8.78 Å². The summed E-state index contributed by atoms with van der Waals surface area (Å²) in [5.41, 5.74) is 0.885. The van der Waals surface area contributed by atoms with Gasteiger partial charge in [-0.15, -0.1) is 0 Å². The van der Waals surface area contributed by atoms with E-state index in [-0.39, 0.29) is 5.69 Å². The van der Waals surface area contributed by atoms with Gasteiger partial charge in [-0.1, -0.05) is 6.07 Å². The molecule has 1 fully saturated rings. The van der Waals surface area contributed by atoms with Gasteiger partial charge in [0.05, 0.1) is 6.20 Å². The summed E-state index contributed by atoms with van der Waals surface area (Å²) in [6.45, 7) is 2.13. The van der Waals surface area contributed by atoms with E-state index in [1.54, 1.807) is 0 Å². The van der Waals surface area contributed by atoms with Crippen molar-refractivity contribution in [2.45, 2.75) is 19.3 Å². The molecule has 3 nitrogen and oxygen atoms in total. The molecule has 0 N–H and O–H groups in total. The molecule has 0 unspecified atom stereocenters. The van der Waals surface area contributed by atoms with Gasteiger partial charge in [0.15, 0.2) is 0 Å². The van der Waals surface area contributed by atoms with Crippen LogP contribution >= 0.6 is 0 Å². The van der Waals surface area contributed by atoms with Crippen LogP contribution in [-0.2, 0) is 0 Å². The Morgan fingerprint density at radius 3 is 2.52 bits per heavy atom. The van der Waals surface area contributed by atoms with E-state index in [1.165, 1.54) is 31.2 Å². The Hall–Kier alpha value is -2.17. The Bertz CT molecular complexity index is 595. The summed E-state index contributed by atoms with van der Waals surface area (Å²) in [6, 6.07) is 10.6. The van der Waals surface area contributed by atoms with Crippen LogP contribution in [0.25, 0.3) is 0 Å². The van der Waals surface area contributed by atoms with Crippen LogP contribution in [0.5, 0.6) is 11.5 Å². The number of ether oxygens (including phenoxy) is 1. The third-order valence-electron chi connectivity index (χ3n) is 3.51. The van der Waals surface area contributed by atoms with E-state index in [2.05, 4.69) is 16.0 Å². The van der Waals surface area contributed by atoms with Crippen molar-refractivity contribution in [1.29, 1.82) is 0 Å². The molecule has 0 spiro atoms. The Kier molecular flexibility index (Phi) is 3.99. The third kappa shape index (κ3) is 3.29. The molecule has 0 aliphatic carbocycles. The van der Waals surface area contributed by atoms with E-state index in [0.717, 1.165) is 18.8 Å². The molecule has 1 aliphatic rings. The number of nitrogens with zero attached hydrogens (tertiary/aromatic N) is 2. The maximum absolute atomic E-state index is 12.4. The first-order valence-electron chi connectivity index (χ1n) is 6.99. The van der Waals surface area contributed by atoms with Crippen LogP contribution in [0.2, 0.25) is 0 Å². The molecule has 2 heterocycles. The summed E-state index contributed by atoms with van der Waals surface area (Å²) >= 11 is 0. The van der Waals surface area contributed by atoms with Crippen molar-refractivity contribution in [2.75, 3.05) is 18.0 Å². The van der Waals surface area contributed by atoms with Crippen molar-refractivity contribution >= 4 is 5.69 Å². The summed E-state index contributed by atoms with van der Waals surface area (Å²) in [4.78, 5) is 6.00. The number of benzene rings is 1. The highest BCUT2D eigenvalue weighted by Crippen LogP contribution is 2.28. The van der Waals surface area contributed by atoms with E-state index in [4.69, 9.17) is 4.74 Å². The molecule has 1 aromatic heterocycles. The fourth-order valence-electron chi connectivity index (χ4n) is 2.44. The van der Waals surface area contributed by atoms with Gasteiger partial charge in [-0.3, -0.25) is 4.98 Å². The molecule has 1 saturated heterocycles. The molecule has 0 saturated carbocycles. The molecule has 2 aromatic rings. The van der Waals surface area contributed by atoms with Gasteiger partial charge < -0.3 is 9.64 Å². The minimum absolute atomic E-state index is 0.242. The zero-order valence-corrected chi connectivity index (χ0v) is 11.5. The number of hydrogen-bond acceptors (Lipinski definition) is 3. The number of anilines is 1. The molecule has 5 heteroatoms. The first-order chi connectivity index (χ1) is 10.2. The summed E-state index contributed by atoms with van der Waals surface area (Å²) < 4.78 is 30.6. The van der Waals surface area contributed by atoms with Gasteiger partial charge >= 0.3 is 0 Å². The van der Waals surface area contributed by atoms with Crippen LogP contribution in [0.1, 0.15) is 25.0 Å². The molecule has 0 bridgehead atoms. The van der Waals surface area contributed by atoms with E-state index >= 15 is 0 Å². The van der Waals surface area contributed by atoms with Crippen LogP contribution in [0.15, 0.2) is 42.6 Å². The van der Waals surface area contributed by atoms with Crippen LogP contribution in [-0.4, -0.2) is 18.1 Å². The second kappa shape index (κ2) is 6.08. The number of halogens is 2. The lowest BCUT2D eigenvalue weighted by Crippen LogP contribution is -2.17. The van der Waals surface area contributed by atoms with Gasteiger partial charge in [0.1, 0.15) is 17.2 Å². The van der Waals surface area contributed by atoms with Crippen molar-refractivity contribution in [1.82, 2.24) is 4.98 Å². The highest BCUT2D eigenvalue weighted by atomic mass is 19.3. The number of alkyl halides is 2. The van der Waals surface area contributed by atoms with Gasteiger partial charge in [0.2, 0.25) is 0 Å². The zero-order valence-electron chi connectivity index (χ0n) is 11.5. The van der Waals surface area contributed by atoms with Crippen LogP contribution in [0, 0.1) is 0 Å². The minimum Gasteiger partial charge on any atom is -0.456 e. The molecular formula is C16H16F2N2O. The monoisotopic (exact) mass is 290 g/mol. The van der Waals surface area contributed by atoms with E-state index < -0.39 is 6.43 Å². The smallest absolute Gasteiger partial charge is 0.280 e. The SMILES string of the molecule is FC(F)c1ccc(Oc2cccc(N3CCCC3)c2)cn1. The number of aromatic nitrogens is 1. The van der Waals surface area contributed by atoms with Crippen molar-refractivity contribution in [3.63, 3.8) is 0 Å². The van der Waals surface area contributed by atoms with Crippen molar-refractivity contribution in [3.05, 3.63) is 48.3 Å². The second-order valence-electron chi connectivity index (χ2n) is 5.01. The van der Waals surface area contributed by atoms with Gasteiger partial charge in [-0.2, -0.15) is 0 Å². The Labute approximate surface area is 122 Å². The fourth-order valence-corrected chi connectivity index (χ4v) is 2.44. The number of hydrogen-bond donors (Lipinski definition) is 0. The predicted octanol–water partition coefficient (Wildman–Crippen LogP) is 4.41. The maximum atomic E-state index is 12.4. The molecule has 1 aromatic carbocycles. The number of rotatable bonds is 4. The Morgan fingerprint density at radius 1 is 1.05 bits per heavy atom. The average molecular weight is 290 g/mol. The molecule has 0 atom stereocenters. The topological polar surface area (TPSA) is 25.4 Å². The molecule has 0 amide bonds. The van der Waals surface area contributed by atoms with Crippen LogP contribution < -0.4 is 9.64 Å². The minimum atomic E-state index is -2.56. The van der Waals surface area contributed by atoms with E-state index in [1.807, 2.05) is 18.2 Å². The summed E-state index contributed by atoms with van der Waals surface area (Å²) in [7, 11) is 0. The second-order valence-corrected chi connectivity index (χ2v) is 5.01. The van der Waals surface area contributed by atoms with Crippen LogP contribution in [0.3, 0.4) is 0 Å². The van der Waals surface area contributed by atoms with Crippen molar-refractivity contribution < 1.29 is 13.5 Å². The molecular weight excluding hydrogens is 274 g/mol. The summed E-state index contributed by atoms with van der Waals surface area (Å²) in [5.74, 6) is 1.14. The first-order valence-corrected chi connectivity index (χ1v) is 6.99. The predicted molar refractivity (Wildman–Crippen MR) is 77.2 cm³/mol. The van der Waals surface area contributed by atoms with Crippen LogP contribution in [0.4, 0.5) is 14.5 Å². The highest BCUT2D eigenvalue weighted by molar-refractivity contribution is 5.52. The first kappa shape index (κ1) is 13.8. The van der Waals surface area contributed by atoms with Gasteiger partial charge in [0.25, 0.3) is 6.43 Å². The lowest BCUT2D eigenvalue weighted by Gasteiger charge is -2.18. The van der Waals surface area contributed by atoms with Gasteiger partial charge in [-0.05, 0) is 37.1 Å². The quantitative estimate of drug-likeness (QED) is 0.834. The number of pyridine rings is 1. The molecule has 3 rings (SSSR count). The maximum Gasteiger partial charge on any atom is 0.280 e. The molecule has 1 aliphatic heterocycles. The van der Waals surface area contributed by atoms with Crippen molar-refractivity contribution in [2.24, 2.45) is 0 Å². The summed E-state index contributed by atoms with van der Waals surface area (Å²) in [5, 5.41) is 0.